The number of hydrogen-bond donors (Lipinski definition) is 1. The molecule has 2 rings (SSSR count). The van der Waals surface area contributed by atoms with Gasteiger partial charge >= 0.3 is 0 Å². The average molecular weight is 334 g/mol. The largest absolute Gasteiger partial charge is 0.497 e. The van der Waals surface area contributed by atoms with Crippen LogP contribution >= 0.6 is 0 Å². The quantitative estimate of drug-likeness (QED) is 0.791. The molecule has 1 atom stereocenters. The van der Waals surface area contributed by atoms with E-state index >= 15 is 0 Å². The Labute approximate surface area is 145 Å². The zero-order valence-corrected chi connectivity index (χ0v) is 15.1. The summed E-state index contributed by atoms with van der Waals surface area (Å²) in [6.07, 6.45) is 1.29. The normalized spacial score (nSPS) is 18.6. The molecule has 1 N–H and O–H groups in total. The number of nitrogens with zero attached hydrogens (tertiary/aromatic N) is 1. The predicted molar refractivity (Wildman–Crippen MR) is 95.3 cm³/mol. The Morgan fingerprint density at radius 1 is 1.46 bits per heavy atom. The van der Waals surface area contributed by atoms with E-state index in [9.17, 15) is 4.79 Å². The first-order valence-corrected chi connectivity index (χ1v) is 8.80. The summed E-state index contributed by atoms with van der Waals surface area (Å²) in [5.41, 5.74) is 1.11. The number of nitrogens with one attached hydrogen (secondary N) is 1. The van der Waals surface area contributed by atoms with Crippen molar-refractivity contribution < 1.29 is 14.3 Å². The number of aryl methyl sites for hydroxylation is 1. The van der Waals surface area contributed by atoms with Crippen LogP contribution < -0.4 is 10.1 Å². The number of methoxy groups -OCH3 is 1. The van der Waals surface area contributed by atoms with Crippen molar-refractivity contribution >= 4 is 5.91 Å². The molecule has 1 heterocycles. The zero-order chi connectivity index (χ0) is 17.4. The van der Waals surface area contributed by atoms with Crippen LogP contribution in [0.3, 0.4) is 0 Å². The second-order valence-electron chi connectivity index (χ2n) is 6.80. The Bertz CT molecular complexity index is 519. The van der Waals surface area contributed by atoms with E-state index in [0.29, 0.717) is 25.3 Å². The van der Waals surface area contributed by atoms with Gasteiger partial charge in [-0.15, -0.1) is 0 Å². The van der Waals surface area contributed by atoms with Crippen molar-refractivity contribution in [2.75, 3.05) is 39.9 Å². The smallest absolute Gasteiger partial charge is 0.220 e. The van der Waals surface area contributed by atoms with Crippen molar-refractivity contribution in [1.29, 1.82) is 0 Å². The summed E-state index contributed by atoms with van der Waals surface area (Å²) in [7, 11) is 1.65. The molecule has 1 aromatic carbocycles. The van der Waals surface area contributed by atoms with Crippen molar-refractivity contribution in [1.82, 2.24) is 10.2 Å². The number of hydrogen-bond acceptors (Lipinski definition) is 4. The third-order valence-electron chi connectivity index (χ3n) is 4.15. The molecule has 1 saturated heterocycles. The van der Waals surface area contributed by atoms with Crippen LogP contribution in [-0.2, 0) is 16.0 Å². The molecular formula is C19H30N2O3. The van der Waals surface area contributed by atoms with Crippen molar-refractivity contribution in [3.63, 3.8) is 0 Å². The minimum Gasteiger partial charge on any atom is -0.497 e. The van der Waals surface area contributed by atoms with Gasteiger partial charge in [-0.1, -0.05) is 26.0 Å². The van der Waals surface area contributed by atoms with Crippen molar-refractivity contribution in [2.45, 2.75) is 32.8 Å². The van der Waals surface area contributed by atoms with Gasteiger partial charge in [-0.2, -0.15) is 0 Å². The topological polar surface area (TPSA) is 50.8 Å². The Kier molecular flexibility index (Phi) is 7.53. The minimum absolute atomic E-state index is 0.0717. The lowest BCUT2D eigenvalue weighted by Crippen LogP contribution is -2.48. The van der Waals surface area contributed by atoms with Gasteiger partial charge in [0.25, 0.3) is 0 Å². The van der Waals surface area contributed by atoms with Crippen LogP contribution in [0.2, 0.25) is 0 Å². The van der Waals surface area contributed by atoms with Gasteiger partial charge in [0.05, 0.1) is 19.8 Å². The summed E-state index contributed by atoms with van der Waals surface area (Å²) in [5.74, 6) is 1.55. The summed E-state index contributed by atoms with van der Waals surface area (Å²) in [6.45, 7) is 8.76. The van der Waals surface area contributed by atoms with Gasteiger partial charge in [-0.25, -0.2) is 0 Å². The SMILES string of the molecule is COc1cccc(CCC(=O)NCC2CN(CC(C)C)CCO2)c1. The third kappa shape index (κ3) is 6.49. The fraction of sp³-hybridized carbons (Fsp3) is 0.632. The van der Waals surface area contributed by atoms with E-state index in [2.05, 4.69) is 24.1 Å². The van der Waals surface area contributed by atoms with Crippen LogP contribution in [0.15, 0.2) is 24.3 Å². The van der Waals surface area contributed by atoms with Crippen molar-refractivity contribution in [3.05, 3.63) is 29.8 Å². The van der Waals surface area contributed by atoms with Crippen molar-refractivity contribution in [2.24, 2.45) is 5.92 Å². The van der Waals surface area contributed by atoms with Crippen LogP contribution in [0, 0.1) is 5.92 Å². The Hall–Kier alpha value is -1.59. The molecule has 0 aromatic heterocycles. The van der Waals surface area contributed by atoms with Gasteiger partial charge in [0.15, 0.2) is 0 Å². The number of benzene rings is 1. The number of morpholine rings is 1. The minimum atomic E-state index is 0.0717. The van der Waals surface area contributed by atoms with E-state index < -0.39 is 0 Å². The van der Waals surface area contributed by atoms with Gasteiger partial charge in [0.1, 0.15) is 5.75 Å². The molecule has 0 saturated carbocycles. The molecule has 0 aliphatic carbocycles. The van der Waals surface area contributed by atoms with Gasteiger partial charge in [0.2, 0.25) is 5.91 Å². The molecule has 5 nitrogen and oxygen atoms in total. The van der Waals surface area contributed by atoms with Crippen LogP contribution in [0.1, 0.15) is 25.8 Å². The molecule has 1 amide bonds. The average Bonchev–Trinajstić information content (AvgIpc) is 2.58. The summed E-state index contributed by atoms with van der Waals surface area (Å²) >= 11 is 0. The third-order valence-corrected chi connectivity index (χ3v) is 4.15. The number of rotatable bonds is 8. The number of amides is 1. The van der Waals surface area contributed by atoms with Gasteiger partial charge in [-0.05, 0) is 30.0 Å². The lowest BCUT2D eigenvalue weighted by molar-refractivity contribution is -0.122. The van der Waals surface area contributed by atoms with E-state index in [-0.39, 0.29) is 12.0 Å². The molecule has 1 unspecified atom stereocenters. The molecule has 0 spiro atoms. The first kappa shape index (κ1) is 18.7. The van der Waals surface area contributed by atoms with Crippen molar-refractivity contribution in [3.8, 4) is 5.75 Å². The molecule has 134 valence electrons. The van der Waals surface area contributed by atoms with E-state index in [4.69, 9.17) is 9.47 Å². The summed E-state index contributed by atoms with van der Waals surface area (Å²) < 4.78 is 11.0. The van der Waals surface area contributed by atoms with E-state index in [1.165, 1.54) is 0 Å². The zero-order valence-electron chi connectivity index (χ0n) is 15.1. The maximum absolute atomic E-state index is 12.1. The maximum Gasteiger partial charge on any atom is 0.220 e. The highest BCUT2D eigenvalue weighted by Gasteiger charge is 2.21. The van der Waals surface area contributed by atoms with Crippen LogP contribution in [-0.4, -0.2) is 56.8 Å². The molecule has 5 heteroatoms. The highest BCUT2D eigenvalue weighted by Crippen LogP contribution is 2.14. The van der Waals surface area contributed by atoms with Crippen LogP contribution in [0.5, 0.6) is 5.75 Å². The molecular weight excluding hydrogens is 304 g/mol. The second kappa shape index (κ2) is 9.64. The van der Waals surface area contributed by atoms with Gasteiger partial charge < -0.3 is 14.8 Å². The standard InChI is InChI=1S/C19H30N2O3/c1-15(2)13-21-9-10-24-18(14-21)12-20-19(22)8-7-16-5-4-6-17(11-16)23-3/h4-6,11,15,18H,7-10,12-14H2,1-3H3,(H,20,22). The lowest BCUT2D eigenvalue weighted by atomic mass is 10.1. The van der Waals surface area contributed by atoms with E-state index in [1.54, 1.807) is 7.11 Å². The summed E-state index contributed by atoms with van der Waals surface area (Å²) in [4.78, 5) is 14.5. The number of carbonyl (C=O) groups is 1. The molecule has 24 heavy (non-hydrogen) atoms. The monoisotopic (exact) mass is 334 g/mol. The molecule has 1 fully saturated rings. The first-order valence-electron chi connectivity index (χ1n) is 8.80. The molecule has 1 aliphatic heterocycles. The Morgan fingerprint density at radius 3 is 3.04 bits per heavy atom. The molecule has 0 radical (unpaired) electrons. The molecule has 1 aliphatic rings. The summed E-state index contributed by atoms with van der Waals surface area (Å²) in [6, 6.07) is 7.85. The Balaban J connectivity index is 1.69. The highest BCUT2D eigenvalue weighted by molar-refractivity contribution is 5.76. The van der Waals surface area contributed by atoms with Gasteiger partial charge in [0, 0.05) is 32.6 Å². The molecule has 1 aromatic rings. The fourth-order valence-electron chi connectivity index (χ4n) is 2.99. The van der Waals surface area contributed by atoms with Crippen LogP contribution in [0.4, 0.5) is 0 Å². The Morgan fingerprint density at radius 2 is 2.29 bits per heavy atom. The lowest BCUT2D eigenvalue weighted by Gasteiger charge is -2.33. The van der Waals surface area contributed by atoms with E-state index in [1.807, 2.05) is 24.3 Å². The second-order valence-corrected chi connectivity index (χ2v) is 6.80. The molecule has 0 bridgehead atoms. The van der Waals surface area contributed by atoms with Crippen LogP contribution in [0.25, 0.3) is 0 Å². The maximum atomic E-state index is 12.1. The highest BCUT2D eigenvalue weighted by atomic mass is 16.5. The summed E-state index contributed by atoms with van der Waals surface area (Å²) in [5, 5.41) is 3.00. The first-order chi connectivity index (χ1) is 11.6. The number of carbonyl (C=O) groups excluding carboxylic acids is 1. The fourth-order valence-corrected chi connectivity index (χ4v) is 2.99. The van der Waals surface area contributed by atoms with Gasteiger partial charge in [-0.3, -0.25) is 9.69 Å². The number of ether oxygens (including phenoxy) is 2. The van der Waals surface area contributed by atoms with E-state index in [0.717, 1.165) is 37.6 Å². The predicted octanol–water partition coefficient (Wildman–Crippen LogP) is 2.10.